The molecule has 0 saturated carbocycles. The molecule has 158 valence electrons. The van der Waals surface area contributed by atoms with Gasteiger partial charge in [0.25, 0.3) is 0 Å². The normalized spacial score (nSPS) is 13.1. The van der Waals surface area contributed by atoms with Gasteiger partial charge in [-0.05, 0) is 21.9 Å². The Morgan fingerprint density at radius 1 is 0.938 bits per heavy atom. The molecule has 32 heavy (non-hydrogen) atoms. The number of rotatable bonds is 5. The average molecular weight is 421 g/mol. The van der Waals surface area contributed by atoms with Gasteiger partial charge in [0.05, 0.1) is 11.1 Å². The Hall–Kier alpha value is -3.93. The molecule has 0 aliphatic carbocycles. The molecular formula is C26H24N6. The molecule has 0 radical (unpaired) electrons. The zero-order valence-electron chi connectivity index (χ0n) is 18.0. The van der Waals surface area contributed by atoms with Crippen LogP contribution in [0, 0.1) is 0 Å². The first-order valence-corrected chi connectivity index (χ1v) is 11.0. The van der Waals surface area contributed by atoms with Gasteiger partial charge >= 0.3 is 0 Å². The summed E-state index contributed by atoms with van der Waals surface area (Å²) in [6.45, 7) is 2.45. The molecule has 0 saturated heterocycles. The van der Waals surface area contributed by atoms with E-state index < -0.39 is 0 Å². The predicted molar refractivity (Wildman–Crippen MR) is 129 cm³/mol. The third-order valence-electron chi connectivity index (χ3n) is 6.23. The fraction of sp³-hybridized carbons (Fsp3) is 0.192. The van der Waals surface area contributed by atoms with Crippen molar-refractivity contribution in [1.82, 2.24) is 20.2 Å². The highest BCUT2D eigenvalue weighted by atomic mass is 15.3. The van der Waals surface area contributed by atoms with Crippen molar-refractivity contribution in [3.63, 3.8) is 0 Å². The maximum atomic E-state index is 5.04. The second kappa shape index (κ2) is 7.64. The third-order valence-corrected chi connectivity index (χ3v) is 6.23. The molecule has 1 aliphatic rings. The van der Waals surface area contributed by atoms with Crippen molar-refractivity contribution in [2.45, 2.75) is 19.5 Å². The van der Waals surface area contributed by atoms with E-state index in [0.29, 0.717) is 5.95 Å². The zero-order valence-corrected chi connectivity index (χ0v) is 18.0. The van der Waals surface area contributed by atoms with Gasteiger partial charge in [-0.3, -0.25) is 5.10 Å². The Bertz CT molecular complexity index is 1400. The smallest absolute Gasteiger partial charge is 0.229 e. The van der Waals surface area contributed by atoms with Gasteiger partial charge in [-0.2, -0.15) is 15.1 Å². The molecule has 0 bridgehead atoms. The second-order valence-electron chi connectivity index (χ2n) is 8.40. The molecule has 0 fully saturated rings. The van der Waals surface area contributed by atoms with Crippen LogP contribution in [0.3, 0.4) is 0 Å². The molecule has 5 aromatic rings. The molecule has 1 N–H and O–H groups in total. The average Bonchev–Trinajstić information content (AvgIpc) is 3.26. The summed E-state index contributed by atoms with van der Waals surface area (Å²) in [5.74, 6) is 1.66. The number of hydrogen-bond donors (Lipinski definition) is 1. The highest BCUT2D eigenvalue weighted by molar-refractivity contribution is 5.92. The van der Waals surface area contributed by atoms with E-state index in [1.807, 2.05) is 7.05 Å². The van der Waals surface area contributed by atoms with Crippen LogP contribution in [-0.4, -0.2) is 33.8 Å². The van der Waals surface area contributed by atoms with E-state index in [0.717, 1.165) is 48.6 Å². The SMILES string of the molecule is CN(Cc1cccc2ccccc12)c1nc2c3c([nH]nc3n1)CCN2Cc1ccccc1. The van der Waals surface area contributed by atoms with Crippen LogP contribution in [0.1, 0.15) is 16.8 Å². The first-order chi connectivity index (χ1) is 15.8. The van der Waals surface area contributed by atoms with Gasteiger partial charge in [-0.25, -0.2) is 0 Å². The Balaban J connectivity index is 1.37. The summed E-state index contributed by atoms with van der Waals surface area (Å²) in [5.41, 5.74) is 4.40. The summed E-state index contributed by atoms with van der Waals surface area (Å²) >= 11 is 0. The quantitative estimate of drug-likeness (QED) is 0.446. The molecule has 0 atom stereocenters. The van der Waals surface area contributed by atoms with Crippen LogP contribution in [0.25, 0.3) is 21.8 Å². The lowest BCUT2D eigenvalue weighted by atomic mass is 10.0. The first kappa shape index (κ1) is 18.8. The van der Waals surface area contributed by atoms with Crippen molar-refractivity contribution >= 4 is 33.6 Å². The summed E-state index contributed by atoms with van der Waals surface area (Å²) in [6, 6.07) is 25.5. The van der Waals surface area contributed by atoms with E-state index in [4.69, 9.17) is 9.97 Å². The van der Waals surface area contributed by atoms with E-state index in [-0.39, 0.29) is 0 Å². The highest BCUT2D eigenvalue weighted by Gasteiger charge is 2.25. The summed E-state index contributed by atoms with van der Waals surface area (Å²) < 4.78 is 0. The van der Waals surface area contributed by atoms with Crippen molar-refractivity contribution in [3.05, 3.63) is 89.6 Å². The minimum atomic E-state index is 0.693. The van der Waals surface area contributed by atoms with Crippen molar-refractivity contribution < 1.29 is 0 Å². The summed E-state index contributed by atoms with van der Waals surface area (Å²) in [7, 11) is 2.05. The highest BCUT2D eigenvalue weighted by Crippen LogP contribution is 2.33. The summed E-state index contributed by atoms with van der Waals surface area (Å²) in [6.07, 6.45) is 0.922. The number of aromatic nitrogens is 4. The minimum Gasteiger partial charge on any atom is -0.351 e. The molecule has 6 nitrogen and oxygen atoms in total. The van der Waals surface area contributed by atoms with Gasteiger partial charge in [0.2, 0.25) is 5.95 Å². The molecule has 0 spiro atoms. The lowest BCUT2D eigenvalue weighted by molar-refractivity contribution is 0.744. The fourth-order valence-electron chi connectivity index (χ4n) is 4.60. The lowest BCUT2D eigenvalue weighted by Crippen LogP contribution is -2.30. The third kappa shape index (κ3) is 3.24. The van der Waals surface area contributed by atoms with Crippen LogP contribution in [0.15, 0.2) is 72.8 Å². The van der Waals surface area contributed by atoms with E-state index in [9.17, 15) is 0 Å². The van der Waals surface area contributed by atoms with Crippen LogP contribution >= 0.6 is 0 Å². The van der Waals surface area contributed by atoms with Crippen LogP contribution < -0.4 is 9.80 Å². The summed E-state index contributed by atoms with van der Waals surface area (Å²) in [5, 5.41) is 11.2. The number of H-pyrrole nitrogens is 1. The zero-order chi connectivity index (χ0) is 21.5. The largest absolute Gasteiger partial charge is 0.351 e. The number of nitrogens with zero attached hydrogens (tertiary/aromatic N) is 5. The van der Waals surface area contributed by atoms with Gasteiger partial charge < -0.3 is 9.80 Å². The van der Waals surface area contributed by atoms with Crippen molar-refractivity contribution in [2.75, 3.05) is 23.4 Å². The number of nitrogens with one attached hydrogen (secondary N) is 1. The molecule has 1 aliphatic heterocycles. The molecule has 6 heteroatoms. The fourth-order valence-corrected chi connectivity index (χ4v) is 4.60. The molecule has 0 amide bonds. The monoisotopic (exact) mass is 420 g/mol. The first-order valence-electron chi connectivity index (χ1n) is 11.0. The van der Waals surface area contributed by atoms with Crippen molar-refractivity contribution in [1.29, 1.82) is 0 Å². The Morgan fingerprint density at radius 3 is 2.66 bits per heavy atom. The Morgan fingerprint density at radius 2 is 1.75 bits per heavy atom. The van der Waals surface area contributed by atoms with E-state index >= 15 is 0 Å². The summed E-state index contributed by atoms with van der Waals surface area (Å²) in [4.78, 5) is 14.3. The van der Waals surface area contributed by atoms with Gasteiger partial charge in [0, 0.05) is 33.1 Å². The lowest BCUT2D eigenvalue weighted by Gasteiger charge is -2.29. The van der Waals surface area contributed by atoms with Gasteiger partial charge in [-0.1, -0.05) is 72.8 Å². The maximum Gasteiger partial charge on any atom is 0.229 e. The van der Waals surface area contributed by atoms with Gasteiger partial charge in [0.1, 0.15) is 5.82 Å². The predicted octanol–water partition coefficient (Wildman–Crippen LogP) is 4.71. The number of benzene rings is 3. The van der Waals surface area contributed by atoms with E-state index in [1.54, 1.807) is 0 Å². The van der Waals surface area contributed by atoms with Crippen LogP contribution in [0.4, 0.5) is 11.8 Å². The maximum absolute atomic E-state index is 5.04. The van der Waals surface area contributed by atoms with E-state index in [2.05, 4.69) is 92.8 Å². The number of aromatic amines is 1. The molecule has 3 aromatic carbocycles. The Labute approximate surface area is 186 Å². The molecular weight excluding hydrogens is 396 g/mol. The van der Waals surface area contributed by atoms with E-state index in [1.165, 1.54) is 21.9 Å². The van der Waals surface area contributed by atoms with Crippen molar-refractivity contribution in [2.24, 2.45) is 0 Å². The standard InChI is InChI=1S/C26H24N6/c1-31(17-20-12-7-11-19-10-5-6-13-21(19)20)26-27-24-23-22(29-30-24)14-15-32(25(23)28-26)16-18-8-3-2-4-9-18/h2-13H,14-17H2,1H3,(H,27,28,29,30). The van der Waals surface area contributed by atoms with Crippen LogP contribution in [0.5, 0.6) is 0 Å². The molecule has 3 heterocycles. The second-order valence-corrected chi connectivity index (χ2v) is 8.40. The number of fused-ring (bicyclic) bond motifs is 1. The topological polar surface area (TPSA) is 60.9 Å². The number of hydrogen-bond acceptors (Lipinski definition) is 5. The number of anilines is 2. The van der Waals surface area contributed by atoms with Crippen LogP contribution in [-0.2, 0) is 19.5 Å². The van der Waals surface area contributed by atoms with Gasteiger partial charge in [0.15, 0.2) is 5.65 Å². The van der Waals surface area contributed by atoms with Crippen LogP contribution in [0.2, 0.25) is 0 Å². The Kier molecular flexibility index (Phi) is 4.49. The van der Waals surface area contributed by atoms with Crippen molar-refractivity contribution in [3.8, 4) is 0 Å². The minimum absolute atomic E-state index is 0.693. The molecule has 6 rings (SSSR count). The molecule has 2 aromatic heterocycles. The molecule has 0 unspecified atom stereocenters. The van der Waals surface area contributed by atoms with Gasteiger partial charge in [-0.15, -0.1) is 0 Å².